The summed E-state index contributed by atoms with van der Waals surface area (Å²) in [6.45, 7) is 2.55. The van der Waals surface area contributed by atoms with Crippen LogP contribution in [0.3, 0.4) is 0 Å². The van der Waals surface area contributed by atoms with Gasteiger partial charge in [0.2, 0.25) is 5.91 Å². The minimum atomic E-state index is -0.0641. The number of hydrogen-bond donors (Lipinski definition) is 2. The molecule has 1 aliphatic heterocycles. The maximum absolute atomic E-state index is 12.8. The molecular weight excluding hydrogens is 454 g/mol. The molecule has 0 radical (unpaired) electrons. The van der Waals surface area contributed by atoms with Crippen LogP contribution in [0.15, 0.2) is 67.1 Å². The third-order valence-corrected chi connectivity index (χ3v) is 7.51. The summed E-state index contributed by atoms with van der Waals surface area (Å²) in [5.41, 5.74) is 4.10. The number of carbonyl (C=O) groups excluding carboxylic acids is 1. The zero-order chi connectivity index (χ0) is 24.2. The van der Waals surface area contributed by atoms with Crippen molar-refractivity contribution in [3.63, 3.8) is 0 Å². The lowest BCUT2D eigenvalue weighted by Gasteiger charge is -2.27. The lowest BCUT2D eigenvalue weighted by molar-refractivity contribution is -0.116. The number of carbonyl (C=O) groups is 1. The van der Waals surface area contributed by atoms with Gasteiger partial charge in [0.1, 0.15) is 0 Å². The molecule has 7 heteroatoms. The van der Waals surface area contributed by atoms with Gasteiger partial charge >= 0.3 is 0 Å². The molecule has 2 fully saturated rings. The van der Waals surface area contributed by atoms with Crippen LogP contribution in [0, 0.1) is 6.92 Å². The molecule has 1 saturated carbocycles. The van der Waals surface area contributed by atoms with Gasteiger partial charge in [0, 0.05) is 43.3 Å². The third-order valence-electron chi connectivity index (χ3n) is 7.15. The monoisotopic (exact) mass is 487 g/mol. The summed E-state index contributed by atoms with van der Waals surface area (Å²) < 4.78 is 2.38. The number of amides is 1. The van der Waals surface area contributed by atoms with E-state index in [9.17, 15) is 4.79 Å². The van der Waals surface area contributed by atoms with E-state index in [-0.39, 0.29) is 18.0 Å². The Labute approximate surface area is 212 Å². The highest BCUT2D eigenvalue weighted by Gasteiger charge is 2.40. The van der Waals surface area contributed by atoms with Gasteiger partial charge in [-0.2, -0.15) is 0 Å². The molecule has 1 saturated heterocycles. The quantitative estimate of drug-likeness (QED) is 0.419. The number of pyridine rings is 1. The van der Waals surface area contributed by atoms with E-state index in [0.29, 0.717) is 24.1 Å². The van der Waals surface area contributed by atoms with E-state index in [2.05, 4.69) is 43.5 Å². The Bertz CT molecular complexity index is 1170. The Morgan fingerprint density at radius 3 is 2.77 bits per heavy atom. The van der Waals surface area contributed by atoms with Gasteiger partial charge in [-0.3, -0.25) is 9.78 Å². The maximum atomic E-state index is 12.8. The fourth-order valence-electron chi connectivity index (χ4n) is 5.39. The zero-order valence-corrected chi connectivity index (χ0v) is 21.0. The zero-order valence-electron chi connectivity index (χ0n) is 20.2. The third kappa shape index (κ3) is 5.40. The van der Waals surface area contributed by atoms with Crippen molar-refractivity contribution in [2.24, 2.45) is 0 Å². The van der Waals surface area contributed by atoms with Gasteiger partial charge in [-0.15, -0.1) is 0 Å². The highest BCUT2D eigenvalue weighted by molar-refractivity contribution is 7.80. The Kier molecular flexibility index (Phi) is 7.13. The van der Waals surface area contributed by atoms with Crippen LogP contribution < -0.4 is 10.6 Å². The average Bonchev–Trinajstić information content (AvgIpc) is 3.48. The van der Waals surface area contributed by atoms with Crippen LogP contribution in [-0.4, -0.2) is 32.0 Å². The molecule has 3 heterocycles. The topological polar surface area (TPSA) is 62.2 Å². The molecule has 5 rings (SSSR count). The molecule has 0 bridgehead atoms. The Morgan fingerprint density at radius 1 is 1.14 bits per heavy atom. The Morgan fingerprint density at radius 2 is 2.00 bits per heavy atom. The van der Waals surface area contributed by atoms with E-state index in [1.807, 2.05) is 55.6 Å². The molecular formula is C28H33N5OS. The number of rotatable bonds is 7. The summed E-state index contributed by atoms with van der Waals surface area (Å²) in [7, 11) is 0. The van der Waals surface area contributed by atoms with Gasteiger partial charge in [0.25, 0.3) is 0 Å². The van der Waals surface area contributed by atoms with E-state index in [4.69, 9.17) is 12.2 Å². The second kappa shape index (κ2) is 10.6. The number of nitrogens with one attached hydrogen (secondary N) is 2. The van der Waals surface area contributed by atoms with Crippen LogP contribution in [0.25, 0.3) is 0 Å². The van der Waals surface area contributed by atoms with Gasteiger partial charge < -0.3 is 20.1 Å². The van der Waals surface area contributed by atoms with E-state index < -0.39 is 0 Å². The van der Waals surface area contributed by atoms with Crippen LogP contribution in [-0.2, 0) is 4.79 Å². The van der Waals surface area contributed by atoms with Crippen LogP contribution in [0.1, 0.15) is 73.5 Å². The van der Waals surface area contributed by atoms with E-state index in [1.165, 1.54) is 37.7 Å². The van der Waals surface area contributed by atoms with Gasteiger partial charge in [0.15, 0.2) is 5.11 Å². The molecule has 1 amide bonds. The molecule has 2 N–H and O–H groups in total. The number of anilines is 1. The van der Waals surface area contributed by atoms with Crippen LogP contribution in [0.2, 0.25) is 0 Å². The Hall–Kier alpha value is -3.19. The first-order valence-corrected chi connectivity index (χ1v) is 13.0. The van der Waals surface area contributed by atoms with Crippen molar-refractivity contribution in [1.82, 2.24) is 19.8 Å². The summed E-state index contributed by atoms with van der Waals surface area (Å²) in [4.78, 5) is 19.6. The van der Waals surface area contributed by atoms with Crippen LogP contribution in [0.5, 0.6) is 0 Å². The molecule has 2 unspecified atom stereocenters. The van der Waals surface area contributed by atoms with Crippen molar-refractivity contribution in [2.45, 2.75) is 63.6 Å². The summed E-state index contributed by atoms with van der Waals surface area (Å²) in [6, 6.07) is 16.5. The van der Waals surface area contributed by atoms with Crippen molar-refractivity contribution in [3.8, 4) is 0 Å². The fraction of sp³-hybridized carbons (Fsp3) is 0.393. The van der Waals surface area contributed by atoms with Crippen LogP contribution in [0.4, 0.5) is 5.69 Å². The molecule has 1 aromatic carbocycles. The summed E-state index contributed by atoms with van der Waals surface area (Å²) in [5, 5.41) is 7.18. The first-order chi connectivity index (χ1) is 17.1. The van der Waals surface area contributed by atoms with Gasteiger partial charge in [-0.05, 0) is 73.4 Å². The normalized spacial score (nSPS) is 20.6. The minimum Gasteiger partial charge on any atom is -0.352 e. The summed E-state index contributed by atoms with van der Waals surface area (Å²) >= 11 is 5.77. The van der Waals surface area contributed by atoms with Gasteiger partial charge in [0.05, 0.1) is 17.8 Å². The van der Waals surface area contributed by atoms with Crippen molar-refractivity contribution < 1.29 is 4.79 Å². The van der Waals surface area contributed by atoms with Crippen molar-refractivity contribution >= 4 is 28.9 Å². The first-order valence-electron chi connectivity index (χ1n) is 12.6. The SMILES string of the molecule is Cc1cccc(NC(=O)CCN2C(=S)NC(c3ccccn3)C2c2ccn(C3CCCCC3)c2)c1. The van der Waals surface area contributed by atoms with Gasteiger partial charge in [-0.1, -0.05) is 37.5 Å². The maximum Gasteiger partial charge on any atom is 0.226 e. The van der Waals surface area contributed by atoms with E-state index >= 15 is 0 Å². The highest BCUT2D eigenvalue weighted by atomic mass is 32.1. The number of benzene rings is 1. The summed E-state index contributed by atoms with van der Waals surface area (Å²) in [5.74, 6) is -0.0155. The second-order valence-corrected chi connectivity index (χ2v) is 10.1. The molecule has 2 aromatic heterocycles. The molecule has 1 aliphatic carbocycles. The number of aryl methyl sites for hydroxylation is 1. The van der Waals surface area contributed by atoms with E-state index in [1.54, 1.807) is 0 Å². The first kappa shape index (κ1) is 23.5. The molecule has 182 valence electrons. The minimum absolute atomic E-state index is 0.0155. The predicted octanol–water partition coefficient (Wildman–Crippen LogP) is 5.70. The fourth-order valence-corrected chi connectivity index (χ4v) is 5.72. The van der Waals surface area contributed by atoms with Crippen molar-refractivity contribution in [3.05, 3.63) is 83.9 Å². The number of hydrogen-bond acceptors (Lipinski definition) is 3. The smallest absolute Gasteiger partial charge is 0.226 e. The molecule has 35 heavy (non-hydrogen) atoms. The predicted molar refractivity (Wildman–Crippen MR) is 143 cm³/mol. The molecule has 2 atom stereocenters. The molecule has 3 aromatic rings. The van der Waals surface area contributed by atoms with E-state index in [0.717, 1.165) is 16.9 Å². The lowest BCUT2D eigenvalue weighted by Crippen LogP contribution is -2.32. The number of thiocarbonyl (C=S) groups is 1. The Balaban J connectivity index is 1.35. The molecule has 2 aliphatic rings. The van der Waals surface area contributed by atoms with Crippen LogP contribution >= 0.6 is 12.2 Å². The van der Waals surface area contributed by atoms with Crippen molar-refractivity contribution in [1.29, 1.82) is 0 Å². The van der Waals surface area contributed by atoms with Gasteiger partial charge in [-0.25, -0.2) is 0 Å². The highest BCUT2D eigenvalue weighted by Crippen LogP contribution is 2.39. The van der Waals surface area contributed by atoms with Crippen molar-refractivity contribution in [2.75, 3.05) is 11.9 Å². The second-order valence-electron chi connectivity index (χ2n) is 9.67. The molecule has 0 spiro atoms. The average molecular weight is 488 g/mol. The molecule has 6 nitrogen and oxygen atoms in total. The lowest BCUT2D eigenvalue weighted by atomic mass is 9.95. The number of aromatic nitrogens is 2. The summed E-state index contributed by atoms with van der Waals surface area (Å²) in [6.07, 6.45) is 13.1. The largest absolute Gasteiger partial charge is 0.352 e. The number of nitrogens with zero attached hydrogens (tertiary/aromatic N) is 3. The standard InChI is InChI=1S/C28H33N5OS/c1-20-8-7-9-22(18-20)30-25(34)14-17-33-27(26(31-28(33)35)24-12-5-6-15-29-24)21-13-16-32(19-21)23-10-3-2-4-11-23/h5-9,12-13,15-16,18-19,23,26-27H,2-4,10-11,14,17H2,1H3,(H,30,34)(H,31,35).